The van der Waals surface area contributed by atoms with Crippen molar-refractivity contribution in [3.8, 4) is 11.1 Å². The number of benzene rings is 4. The predicted octanol–water partition coefficient (Wildman–Crippen LogP) is 7.58. The van der Waals surface area contributed by atoms with E-state index in [0.29, 0.717) is 0 Å². The first kappa shape index (κ1) is 22.9. The van der Waals surface area contributed by atoms with Crippen molar-refractivity contribution in [3.63, 3.8) is 0 Å². The van der Waals surface area contributed by atoms with Crippen molar-refractivity contribution in [2.24, 2.45) is 11.5 Å². The maximum atomic E-state index is 5.91. The molecule has 0 saturated carbocycles. The van der Waals surface area contributed by atoms with Crippen LogP contribution in [0, 0.1) is 6.92 Å². The van der Waals surface area contributed by atoms with Crippen LogP contribution in [0.1, 0.15) is 45.9 Å². The minimum Gasteiger partial charge on any atom is -0.405 e. The molecular formula is C35H30N2. The molecule has 2 aliphatic rings. The summed E-state index contributed by atoms with van der Waals surface area (Å²) in [4.78, 5) is 0. The summed E-state index contributed by atoms with van der Waals surface area (Å²) < 4.78 is 0. The topological polar surface area (TPSA) is 52.0 Å². The molecule has 4 aromatic rings. The van der Waals surface area contributed by atoms with Crippen LogP contribution in [0.2, 0.25) is 0 Å². The third kappa shape index (κ3) is 3.12. The highest BCUT2D eigenvalue weighted by Crippen LogP contribution is 2.65. The standard InChI is InChI=1S/C35H30N2/c1-23-11-3-4-13-26(23)34-24(2)27-14-5-7-17-30(27)35(34)31-18-8-6-15-29(31)33-28(16-9-19-32(33)35)25(20-22-37)12-10-21-36/h3-22H,36-37H2,1-2H3/b21-10+,22-20-,25-12+. The van der Waals surface area contributed by atoms with Crippen LogP contribution in [0.4, 0.5) is 0 Å². The van der Waals surface area contributed by atoms with Crippen molar-refractivity contribution in [2.45, 2.75) is 19.3 Å². The van der Waals surface area contributed by atoms with Crippen LogP contribution in [0.5, 0.6) is 0 Å². The fourth-order valence-corrected chi connectivity index (χ4v) is 6.57. The van der Waals surface area contributed by atoms with Gasteiger partial charge in [0.25, 0.3) is 0 Å². The summed E-state index contributed by atoms with van der Waals surface area (Å²) in [5.74, 6) is 0. The highest BCUT2D eigenvalue weighted by Gasteiger charge is 2.53. The van der Waals surface area contributed by atoms with Crippen LogP contribution in [-0.2, 0) is 5.41 Å². The van der Waals surface area contributed by atoms with Crippen LogP contribution in [0.25, 0.3) is 27.8 Å². The van der Waals surface area contributed by atoms with Gasteiger partial charge in [0.2, 0.25) is 0 Å². The molecule has 0 aliphatic heterocycles. The summed E-state index contributed by atoms with van der Waals surface area (Å²) in [6, 6.07) is 33.3. The first-order chi connectivity index (χ1) is 18.1. The van der Waals surface area contributed by atoms with Crippen LogP contribution < -0.4 is 11.5 Å². The second-order valence-corrected chi connectivity index (χ2v) is 9.75. The summed E-state index contributed by atoms with van der Waals surface area (Å²) in [5, 5.41) is 0. The summed E-state index contributed by atoms with van der Waals surface area (Å²) in [7, 11) is 0. The molecule has 0 bridgehead atoms. The zero-order valence-corrected chi connectivity index (χ0v) is 21.2. The van der Waals surface area contributed by atoms with Crippen molar-refractivity contribution >= 4 is 16.7 Å². The Morgan fingerprint density at radius 3 is 1.97 bits per heavy atom. The molecule has 0 fully saturated rings. The molecule has 2 aliphatic carbocycles. The molecule has 2 nitrogen and oxygen atoms in total. The third-order valence-electron chi connectivity index (χ3n) is 7.94. The fourth-order valence-electron chi connectivity index (χ4n) is 6.57. The lowest BCUT2D eigenvalue weighted by Crippen LogP contribution is -2.27. The average molecular weight is 479 g/mol. The Hall–Kier alpha value is -4.56. The molecule has 0 radical (unpaired) electrons. The number of hydrogen-bond acceptors (Lipinski definition) is 2. The number of fused-ring (bicyclic) bond motifs is 7. The van der Waals surface area contributed by atoms with Crippen LogP contribution in [-0.4, -0.2) is 0 Å². The van der Waals surface area contributed by atoms with E-state index in [0.717, 1.165) is 11.1 Å². The van der Waals surface area contributed by atoms with Crippen molar-refractivity contribution < 1.29 is 0 Å². The van der Waals surface area contributed by atoms with E-state index in [-0.39, 0.29) is 0 Å². The van der Waals surface area contributed by atoms with Crippen LogP contribution >= 0.6 is 0 Å². The van der Waals surface area contributed by atoms with E-state index in [1.165, 1.54) is 55.7 Å². The van der Waals surface area contributed by atoms with Gasteiger partial charge in [-0.2, -0.15) is 0 Å². The molecule has 1 atom stereocenters. The Kier molecular flexibility index (Phi) is 5.46. The van der Waals surface area contributed by atoms with Gasteiger partial charge in [-0.15, -0.1) is 0 Å². The Morgan fingerprint density at radius 1 is 0.649 bits per heavy atom. The van der Waals surface area contributed by atoms with Gasteiger partial charge in [-0.1, -0.05) is 97.1 Å². The number of nitrogens with two attached hydrogens (primary N) is 2. The number of aryl methyl sites for hydroxylation is 1. The summed E-state index contributed by atoms with van der Waals surface area (Å²) in [6.07, 6.45) is 8.99. The molecule has 0 heterocycles. The maximum absolute atomic E-state index is 5.91. The highest BCUT2D eigenvalue weighted by molar-refractivity contribution is 6.10. The average Bonchev–Trinajstić information content (AvgIpc) is 3.37. The molecule has 0 aromatic heterocycles. The van der Waals surface area contributed by atoms with Gasteiger partial charge in [0, 0.05) is 0 Å². The van der Waals surface area contributed by atoms with Crippen molar-refractivity contribution in [1.29, 1.82) is 0 Å². The normalized spacial score (nSPS) is 18.2. The summed E-state index contributed by atoms with van der Waals surface area (Å²) in [6.45, 7) is 4.50. The molecule has 4 aromatic carbocycles. The molecule has 180 valence electrons. The maximum Gasteiger partial charge on any atom is 0.0728 e. The zero-order valence-electron chi connectivity index (χ0n) is 21.2. The molecule has 1 spiro atoms. The Labute approximate surface area is 219 Å². The van der Waals surface area contributed by atoms with E-state index in [4.69, 9.17) is 11.5 Å². The van der Waals surface area contributed by atoms with Crippen molar-refractivity contribution in [3.05, 3.63) is 161 Å². The van der Waals surface area contributed by atoms with Crippen molar-refractivity contribution in [2.75, 3.05) is 0 Å². The SMILES string of the molecule is CC1=C(c2ccccc2C)C2(c3ccccc31)c1ccccc1-c1c(C(/C=C\N)=C/C=C/N)cccc12. The Balaban J connectivity index is 1.79. The van der Waals surface area contributed by atoms with Crippen LogP contribution in [0.15, 0.2) is 122 Å². The van der Waals surface area contributed by atoms with Crippen molar-refractivity contribution in [1.82, 2.24) is 0 Å². The third-order valence-corrected chi connectivity index (χ3v) is 7.94. The first-order valence-corrected chi connectivity index (χ1v) is 12.7. The Morgan fingerprint density at radius 2 is 1.27 bits per heavy atom. The Bertz CT molecular complexity index is 1660. The molecule has 6 rings (SSSR count). The monoisotopic (exact) mass is 478 g/mol. The van der Waals surface area contributed by atoms with Gasteiger partial charge in [0.1, 0.15) is 0 Å². The molecular weight excluding hydrogens is 448 g/mol. The van der Waals surface area contributed by atoms with E-state index >= 15 is 0 Å². The highest BCUT2D eigenvalue weighted by atomic mass is 14.5. The number of rotatable bonds is 4. The zero-order chi connectivity index (χ0) is 25.6. The fraction of sp³-hybridized carbons (Fsp3) is 0.0857. The molecule has 4 N–H and O–H groups in total. The molecule has 37 heavy (non-hydrogen) atoms. The van der Waals surface area contributed by atoms with Gasteiger partial charge >= 0.3 is 0 Å². The van der Waals surface area contributed by atoms with Gasteiger partial charge in [0.15, 0.2) is 0 Å². The first-order valence-electron chi connectivity index (χ1n) is 12.7. The lowest BCUT2D eigenvalue weighted by Gasteiger charge is -2.34. The number of allylic oxidation sites excluding steroid dienone is 6. The smallest absolute Gasteiger partial charge is 0.0728 e. The van der Waals surface area contributed by atoms with E-state index < -0.39 is 5.41 Å². The van der Waals surface area contributed by atoms with E-state index in [1.807, 2.05) is 18.2 Å². The lowest BCUT2D eigenvalue weighted by atomic mass is 9.67. The van der Waals surface area contributed by atoms with Gasteiger partial charge in [-0.3, -0.25) is 0 Å². The van der Waals surface area contributed by atoms with Gasteiger partial charge in [0.05, 0.1) is 5.41 Å². The lowest BCUT2D eigenvalue weighted by molar-refractivity contribution is 0.840. The quantitative estimate of drug-likeness (QED) is 0.297. The van der Waals surface area contributed by atoms with Gasteiger partial charge in [-0.05, 0) is 105 Å². The van der Waals surface area contributed by atoms with E-state index in [1.54, 1.807) is 12.4 Å². The van der Waals surface area contributed by atoms with Crippen LogP contribution in [0.3, 0.4) is 0 Å². The molecule has 2 heteroatoms. The number of hydrogen-bond donors (Lipinski definition) is 2. The van der Waals surface area contributed by atoms with E-state index in [9.17, 15) is 0 Å². The second kappa shape index (κ2) is 8.83. The molecule has 0 saturated heterocycles. The largest absolute Gasteiger partial charge is 0.405 e. The minimum atomic E-state index is -0.407. The van der Waals surface area contributed by atoms with Gasteiger partial charge < -0.3 is 11.5 Å². The molecule has 0 amide bonds. The predicted molar refractivity (Wildman–Crippen MR) is 157 cm³/mol. The summed E-state index contributed by atoms with van der Waals surface area (Å²) in [5.41, 5.74) is 26.5. The summed E-state index contributed by atoms with van der Waals surface area (Å²) >= 11 is 0. The minimum absolute atomic E-state index is 0.407. The van der Waals surface area contributed by atoms with E-state index in [2.05, 4.69) is 105 Å². The second-order valence-electron chi connectivity index (χ2n) is 9.75. The molecule has 1 unspecified atom stereocenters. The van der Waals surface area contributed by atoms with Gasteiger partial charge in [-0.25, -0.2) is 0 Å².